The van der Waals surface area contributed by atoms with E-state index in [0.717, 1.165) is 5.69 Å². The molecule has 36 heavy (non-hydrogen) atoms. The lowest BCUT2D eigenvalue weighted by atomic mass is 9.95. The van der Waals surface area contributed by atoms with Crippen LogP contribution in [-0.4, -0.2) is 53.1 Å². The lowest BCUT2D eigenvalue weighted by Gasteiger charge is -2.21. The number of hydrogen-bond donors (Lipinski definition) is 0. The Labute approximate surface area is 209 Å². The summed E-state index contributed by atoms with van der Waals surface area (Å²) in [4.78, 5) is 29.1. The normalized spacial score (nSPS) is 10.7. The number of hydrogen-bond acceptors (Lipinski definition) is 7. The minimum atomic E-state index is -0.656. The van der Waals surface area contributed by atoms with Crippen molar-refractivity contribution in [2.75, 3.05) is 47.4 Å². The van der Waals surface area contributed by atoms with Crippen molar-refractivity contribution in [1.29, 1.82) is 0 Å². The van der Waals surface area contributed by atoms with E-state index in [1.165, 1.54) is 33.0 Å². The van der Waals surface area contributed by atoms with E-state index in [-0.39, 0.29) is 11.3 Å². The fraction of sp³-hybridized carbons (Fsp3) is 0.214. The molecule has 0 saturated carbocycles. The summed E-state index contributed by atoms with van der Waals surface area (Å²) in [5.74, 6) is 0.592. The second kappa shape index (κ2) is 10.0. The van der Waals surface area contributed by atoms with Crippen LogP contribution in [0.2, 0.25) is 0 Å². The third-order valence-electron chi connectivity index (χ3n) is 6.03. The van der Waals surface area contributed by atoms with Crippen LogP contribution >= 0.6 is 0 Å². The lowest BCUT2D eigenvalue weighted by Crippen LogP contribution is -2.27. The fourth-order valence-electron chi connectivity index (χ4n) is 4.31. The molecule has 8 nitrogen and oxygen atoms in total. The first-order valence-electron chi connectivity index (χ1n) is 11.2. The van der Waals surface area contributed by atoms with Crippen molar-refractivity contribution in [2.45, 2.75) is 0 Å². The van der Waals surface area contributed by atoms with Crippen molar-refractivity contribution in [3.05, 3.63) is 76.7 Å². The molecule has 0 fully saturated rings. The summed E-state index contributed by atoms with van der Waals surface area (Å²) >= 11 is 0. The number of methoxy groups -OCH3 is 4. The highest BCUT2D eigenvalue weighted by atomic mass is 16.5. The second-order valence-corrected chi connectivity index (χ2v) is 8.23. The Morgan fingerprint density at radius 1 is 0.806 bits per heavy atom. The Kier molecular flexibility index (Phi) is 6.87. The average Bonchev–Trinajstić information content (AvgIpc) is 2.91. The second-order valence-electron chi connectivity index (χ2n) is 8.23. The summed E-state index contributed by atoms with van der Waals surface area (Å²) in [7, 11) is 9.67. The number of nitrogens with zero attached hydrogens (tertiary/aromatic N) is 2. The number of benzene rings is 3. The molecule has 4 rings (SSSR count). The van der Waals surface area contributed by atoms with E-state index in [2.05, 4.69) is 0 Å². The molecule has 1 aromatic heterocycles. The van der Waals surface area contributed by atoms with Crippen LogP contribution in [0.25, 0.3) is 27.6 Å². The van der Waals surface area contributed by atoms with Gasteiger partial charge >= 0.3 is 5.97 Å². The molecule has 186 valence electrons. The van der Waals surface area contributed by atoms with Gasteiger partial charge in [-0.1, -0.05) is 24.3 Å². The largest absolute Gasteiger partial charge is 0.493 e. The van der Waals surface area contributed by atoms with Gasteiger partial charge in [0, 0.05) is 30.7 Å². The molecular formula is C28H28N2O6. The van der Waals surface area contributed by atoms with Gasteiger partial charge in [0.15, 0.2) is 11.5 Å². The van der Waals surface area contributed by atoms with Crippen molar-refractivity contribution in [1.82, 2.24) is 4.57 Å². The van der Waals surface area contributed by atoms with Crippen LogP contribution in [0.1, 0.15) is 10.5 Å². The highest BCUT2D eigenvalue weighted by Gasteiger charge is 2.27. The number of carbonyl (C=O) groups excluding carboxylic acids is 1. The van der Waals surface area contributed by atoms with Crippen LogP contribution in [0.3, 0.4) is 0 Å². The third kappa shape index (κ3) is 4.11. The number of esters is 1. The van der Waals surface area contributed by atoms with Crippen molar-refractivity contribution in [3.63, 3.8) is 0 Å². The molecule has 1 heterocycles. The maximum atomic E-state index is 13.9. The van der Waals surface area contributed by atoms with E-state index < -0.39 is 5.97 Å². The Morgan fingerprint density at radius 3 is 2.00 bits per heavy atom. The average molecular weight is 489 g/mol. The summed E-state index contributed by atoms with van der Waals surface area (Å²) in [6.07, 6.45) is 0. The molecule has 3 aromatic carbocycles. The van der Waals surface area contributed by atoms with Gasteiger partial charge in [-0.15, -0.1) is 0 Å². The molecule has 0 bridgehead atoms. The predicted octanol–water partition coefficient (Wildman–Crippen LogP) is 4.54. The molecule has 0 unspecified atom stereocenters. The molecule has 8 heteroatoms. The van der Waals surface area contributed by atoms with Gasteiger partial charge in [-0.25, -0.2) is 4.79 Å². The maximum Gasteiger partial charge on any atom is 0.355 e. The Balaban J connectivity index is 2.22. The van der Waals surface area contributed by atoms with E-state index in [4.69, 9.17) is 18.9 Å². The molecule has 0 aliphatic carbocycles. The molecule has 0 amide bonds. The van der Waals surface area contributed by atoms with Gasteiger partial charge in [0.2, 0.25) is 5.75 Å². The number of carbonyl (C=O) groups is 1. The molecule has 4 aromatic rings. The predicted molar refractivity (Wildman–Crippen MR) is 140 cm³/mol. The number of ether oxygens (including phenoxy) is 4. The topological polar surface area (TPSA) is 79.2 Å². The summed E-state index contributed by atoms with van der Waals surface area (Å²) < 4.78 is 23.2. The zero-order valence-electron chi connectivity index (χ0n) is 21.1. The molecule has 0 aliphatic rings. The van der Waals surface area contributed by atoms with E-state index in [9.17, 15) is 9.59 Å². The summed E-state index contributed by atoms with van der Waals surface area (Å²) in [6.45, 7) is 0. The van der Waals surface area contributed by atoms with Crippen LogP contribution in [0.15, 0.2) is 65.5 Å². The first-order valence-corrected chi connectivity index (χ1v) is 11.2. The zero-order chi connectivity index (χ0) is 26.0. The third-order valence-corrected chi connectivity index (χ3v) is 6.03. The highest BCUT2D eigenvalue weighted by Crippen LogP contribution is 2.43. The minimum absolute atomic E-state index is 0.0892. The van der Waals surface area contributed by atoms with Crippen molar-refractivity contribution < 1.29 is 23.7 Å². The van der Waals surface area contributed by atoms with E-state index in [1.807, 2.05) is 49.3 Å². The first-order chi connectivity index (χ1) is 17.4. The molecule has 0 radical (unpaired) electrons. The van der Waals surface area contributed by atoms with E-state index in [1.54, 1.807) is 30.3 Å². The van der Waals surface area contributed by atoms with Crippen molar-refractivity contribution in [3.8, 4) is 34.1 Å². The minimum Gasteiger partial charge on any atom is -0.493 e. The van der Waals surface area contributed by atoms with Crippen molar-refractivity contribution in [2.24, 2.45) is 0 Å². The summed E-state index contributed by atoms with van der Waals surface area (Å²) in [5.41, 5.74) is 2.26. The Bertz CT molecular complexity index is 1480. The molecular weight excluding hydrogens is 460 g/mol. The molecule has 0 aliphatic heterocycles. The van der Waals surface area contributed by atoms with Crippen LogP contribution in [0, 0.1) is 0 Å². The summed E-state index contributed by atoms with van der Waals surface area (Å²) in [6, 6.07) is 18.1. The quantitative estimate of drug-likeness (QED) is 0.354. The Hall–Kier alpha value is -4.46. The van der Waals surface area contributed by atoms with Gasteiger partial charge in [0.1, 0.15) is 5.69 Å². The molecule has 0 N–H and O–H groups in total. The van der Waals surface area contributed by atoms with Crippen LogP contribution in [0.5, 0.6) is 17.2 Å². The van der Waals surface area contributed by atoms with E-state index >= 15 is 0 Å². The van der Waals surface area contributed by atoms with Gasteiger partial charge in [-0.2, -0.15) is 0 Å². The SMILES string of the molecule is COC(=O)c1c(-c2cc(OC)c(OC)c(OC)c2)c2ccccc2c(=O)n1-c1cccc(N(C)C)c1. The number of rotatable bonds is 7. The van der Waals surface area contributed by atoms with E-state index in [0.29, 0.717) is 44.8 Å². The number of aromatic nitrogens is 1. The van der Waals surface area contributed by atoms with Crippen LogP contribution in [0.4, 0.5) is 5.69 Å². The number of pyridine rings is 1. The highest BCUT2D eigenvalue weighted by molar-refractivity contribution is 6.07. The van der Waals surface area contributed by atoms with Gasteiger partial charge < -0.3 is 23.8 Å². The van der Waals surface area contributed by atoms with Gasteiger partial charge in [0.25, 0.3) is 5.56 Å². The number of anilines is 1. The van der Waals surface area contributed by atoms with Crippen LogP contribution in [-0.2, 0) is 4.74 Å². The number of fused-ring (bicyclic) bond motifs is 1. The molecule has 0 saturated heterocycles. The van der Waals surface area contributed by atoms with Crippen molar-refractivity contribution >= 4 is 22.4 Å². The Morgan fingerprint density at radius 2 is 1.44 bits per heavy atom. The monoisotopic (exact) mass is 488 g/mol. The van der Waals surface area contributed by atoms with Gasteiger partial charge in [0.05, 0.1) is 34.1 Å². The lowest BCUT2D eigenvalue weighted by molar-refractivity contribution is 0.0591. The van der Waals surface area contributed by atoms with Gasteiger partial charge in [-0.05, 0) is 47.3 Å². The fourth-order valence-corrected chi connectivity index (χ4v) is 4.31. The summed E-state index contributed by atoms with van der Waals surface area (Å²) in [5, 5.41) is 1.04. The zero-order valence-corrected chi connectivity index (χ0v) is 21.1. The molecule has 0 spiro atoms. The van der Waals surface area contributed by atoms with Crippen LogP contribution < -0.4 is 24.7 Å². The molecule has 0 atom stereocenters. The first kappa shape index (κ1) is 24.7. The standard InChI is InChI=1S/C28H28N2O6/c1-29(2)18-10-9-11-19(16-18)30-25(28(32)36-6)24(20-12-7-8-13-21(20)27(30)31)17-14-22(33-3)26(35-5)23(15-17)34-4/h7-16H,1-6H3. The maximum absolute atomic E-state index is 13.9. The van der Waals surface area contributed by atoms with Gasteiger partial charge in [-0.3, -0.25) is 9.36 Å². The smallest absolute Gasteiger partial charge is 0.355 e.